The third kappa shape index (κ3) is 9.64. The highest BCUT2D eigenvalue weighted by atomic mass is 35.5. The summed E-state index contributed by atoms with van der Waals surface area (Å²) >= 11 is 5.86. The van der Waals surface area contributed by atoms with Crippen LogP contribution in [0.5, 0.6) is 0 Å². The molecular weight excluding hydrogens is 563 g/mol. The fourth-order valence-electron chi connectivity index (χ4n) is 3.96. The van der Waals surface area contributed by atoms with E-state index >= 15 is 0 Å². The first kappa shape index (κ1) is 31.2. The third-order valence-electron chi connectivity index (χ3n) is 6.20. The zero-order chi connectivity index (χ0) is 30.0. The van der Waals surface area contributed by atoms with Crippen LogP contribution in [-0.4, -0.2) is 53.0 Å². The lowest BCUT2D eigenvalue weighted by molar-refractivity contribution is -0.192. The van der Waals surface area contributed by atoms with Gasteiger partial charge in [-0.3, -0.25) is 14.4 Å². The van der Waals surface area contributed by atoms with Crippen molar-refractivity contribution >= 4 is 41.0 Å². The minimum Gasteiger partial charge on any atom is -0.475 e. The van der Waals surface area contributed by atoms with Gasteiger partial charge in [-0.1, -0.05) is 41.9 Å². The summed E-state index contributed by atoms with van der Waals surface area (Å²) in [6, 6.07) is 23.3. The van der Waals surface area contributed by atoms with Gasteiger partial charge in [0.05, 0.1) is 0 Å². The topological polar surface area (TPSA) is 116 Å². The molecule has 3 aromatic carbocycles. The minimum atomic E-state index is -5.08. The number of carboxylic acids is 1. The molecule has 0 unspecified atom stereocenters. The molecule has 1 saturated heterocycles. The number of likely N-dealkylation sites (tertiary alicyclic amines) is 1. The number of carbonyl (C=O) groups excluding carboxylic acids is 3. The average molecular weight is 590 g/mol. The van der Waals surface area contributed by atoms with Crippen molar-refractivity contribution in [3.05, 3.63) is 101 Å². The second kappa shape index (κ2) is 14.3. The van der Waals surface area contributed by atoms with Crippen LogP contribution in [0.2, 0.25) is 5.02 Å². The number of carboxylic acid groups (broad SMARTS) is 1. The summed E-state index contributed by atoms with van der Waals surface area (Å²) in [6.07, 6.45) is -3.80. The number of piperidine rings is 1. The number of anilines is 1. The van der Waals surface area contributed by atoms with Gasteiger partial charge in [0, 0.05) is 47.4 Å². The molecule has 1 heterocycles. The van der Waals surface area contributed by atoms with Crippen LogP contribution in [0.4, 0.5) is 18.9 Å². The molecule has 1 aliphatic rings. The van der Waals surface area contributed by atoms with Gasteiger partial charge in [-0.05, 0) is 66.9 Å². The van der Waals surface area contributed by atoms with E-state index < -0.39 is 12.1 Å². The molecule has 0 bridgehead atoms. The van der Waals surface area contributed by atoms with Crippen molar-refractivity contribution in [3.63, 3.8) is 0 Å². The summed E-state index contributed by atoms with van der Waals surface area (Å²) in [5, 5.41) is 13.5. The van der Waals surface area contributed by atoms with Gasteiger partial charge in [0.1, 0.15) is 0 Å². The van der Waals surface area contributed by atoms with Gasteiger partial charge in [-0.15, -0.1) is 0 Å². The van der Waals surface area contributed by atoms with E-state index in [1.54, 1.807) is 53.4 Å². The number of nitrogens with zero attached hydrogens (tertiary/aromatic N) is 1. The molecule has 3 amide bonds. The first-order valence-electron chi connectivity index (χ1n) is 12.5. The smallest absolute Gasteiger partial charge is 0.475 e. The highest BCUT2D eigenvalue weighted by Gasteiger charge is 2.38. The second-order valence-corrected chi connectivity index (χ2v) is 9.55. The number of alkyl halides is 3. The number of halogens is 4. The SMILES string of the molecule is O=C(Nc1ccc(C(=O)N2CCC(C(=O)NCc3ccccc3)CC2)cc1)c1ccc(Cl)cc1.O=C(O)C(F)(F)F. The average Bonchev–Trinajstić information content (AvgIpc) is 2.96. The number of aliphatic carboxylic acids is 1. The molecule has 3 N–H and O–H groups in total. The van der Waals surface area contributed by atoms with E-state index in [4.69, 9.17) is 21.5 Å². The highest BCUT2D eigenvalue weighted by Crippen LogP contribution is 2.21. The summed E-state index contributed by atoms with van der Waals surface area (Å²) in [6.45, 7) is 1.59. The molecule has 1 fully saturated rings. The standard InChI is InChI=1S/C27H26ClN3O3.C2HF3O2/c28-23-10-6-20(7-11-23)26(33)30-24-12-8-22(9-13-24)27(34)31-16-14-21(15-17-31)25(32)29-18-19-4-2-1-3-5-19;3-2(4,5)1(6)7/h1-13,21H,14-18H2,(H,29,32)(H,30,33);(H,6,7). The van der Waals surface area contributed by atoms with E-state index in [0.29, 0.717) is 54.3 Å². The Morgan fingerprint density at radius 3 is 1.93 bits per heavy atom. The van der Waals surface area contributed by atoms with Gasteiger partial charge in [0.25, 0.3) is 11.8 Å². The molecule has 41 heavy (non-hydrogen) atoms. The van der Waals surface area contributed by atoms with E-state index in [9.17, 15) is 27.6 Å². The summed E-state index contributed by atoms with van der Waals surface area (Å²) in [5.74, 6) is -3.12. The van der Waals surface area contributed by atoms with Gasteiger partial charge in [-0.25, -0.2) is 4.79 Å². The van der Waals surface area contributed by atoms with Crippen LogP contribution in [-0.2, 0) is 16.1 Å². The largest absolute Gasteiger partial charge is 0.490 e. The normalized spacial score (nSPS) is 13.4. The lowest BCUT2D eigenvalue weighted by Crippen LogP contribution is -2.42. The molecule has 0 aromatic heterocycles. The molecule has 0 radical (unpaired) electrons. The molecule has 216 valence electrons. The lowest BCUT2D eigenvalue weighted by atomic mass is 9.95. The molecule has 12 heteroatoms. The predicted octanol–water partition coefficient (Wildman–Crippen LogP) is 5.39. The first-order chi connectivity index (χ1) is 19.4. The van der Waals surface area contributed by atoms with Crippen LogP contribution in [0, 0.1) is 5.92 Å². The van der Waals surface area contributed by atoms with Crippen molar-refractivity contribution in [2.45, 2.75) is 25.6 Å². The zero-order valence-electron chi connectivity index (χ0n) is 21.7. The number of nitrogens with one attached hydrogen (secondary N) is 2. The van der Waals surface area contributed by atoms with Crippen LogP contribution >= 0.6 is 11.6 Å². The van der Waals surface area contributed by atoms with Crippen LogP contribution in [0.1, 0.15) is 39.1 Å². The van der Waals surface area contributed by atoms with Gasteiger partial charge >= 0.3 is 12.1 Å². The van der Waals surface area contributed by atoms with Gasteiger partial charge in [0.2, 0.25) is 5.91 Å². The molecule has 0 atom stereocenters. The molecule has 1 aliphatic heterocycles. The summed E-state index contributed by atoms with van der Waals surface area (Å²) in [4.78, 5) is 48.4. The van der Waals surface area contributed by atoms with Crippen LogP contribution in [0.25, 0.3) is 0 Å². The maximum Gasteiger partial charge on any atom is 0.490 e. The number of hydrogen-bond donors (Lipinski definition) is 3. The second-order valence-electron chi connectivity index (χ2n) is 9.11. The van der Waals surface area contributed by atoms with Gasteiger partial charge < -0.3 is 20.6 Å². The van der Waals surface area contributed by atoms with Crippen molar-refractivity contribution in [2.24, 2.45) is 5.92 Å². The van der Waals surface area contributed by atoms with Crippen molar-refractivity contribution in [3.8, 4) is 0 Å². The summed E-state index contributed by atoms with van der Waals surface area (Å²) < 4.78 is 31.7. The Bertz CT molecular complexity index is 1340. The maximum absolute atomic E-state index is 12.9. The lowest BCUT2D eigenvalue weighted by Gasteiger charge is -2.31. The molecule has 8 nitrogen and oxygen atoms in total. The molecule has 0 spiro atoms. The van der Waals surface area contributed by atoms with Gasteiger partial charge in [0.15, 0.2) is 0 Å². The zero-order valence-corrected chi connectivity index (χ0v) is 22.4. The van der Waals surface area contributed by atoms with Crippen molar-refractivity contribution in [1.29, 1.82) is 0 Å². The van der Waals surface area contributed by atoms with Crippen LogP contribution in [0.3, 0.4) is 0 Å². The fraction of sp³-hybridized carbons (Fsp3) is 0.241. The third-order valence-corrected chi connectivity index (χ3v) is 6.45. The molecular formula is C29H27ClF3N3O5. The van der Waals surface area contributed by atoms with Crippen molar-refractivity contribution < 1.29 is 37.5 Å². The number of carbonyl (C=O) groups is 4. The molecule has 3 aromatic rings. The Morgan fingerprint density at radius 1 is 0.854 bits per heavy atom. The van der Waals surface area contributed by atoms with Crippen LogP contribution < -0.4 is 10.6 Å². The first-order valence-corrected chi connectivity index (χ1v) is 12.9. The van der Waals surface area contributed by atoms with E-state index in [2.05, 4.69) is 10.6 Å². The Kier molecular flexibility index (Phi) is 10.9. The Hall–Kier alpha value is -4.38. The predicted molar refractivity (Wildman–Crippen MR) is 146 cm³/mol. The number of hydrogen-bond acceptors (Lipinski definition) is 4. The summed E-state index contributed by atoms with van der Waals surface area (Å²) in [5.41, 5.74) is 2.72. The van der Waals surface area contributed by atoms with Crippen molar-refractivity contribution in [1.82, 2.24) is 10.2 Å². The monoisotopic (exact) mass is 589 g/mol. The quantitative estimate of drug-likeness (QED) is 0.356. The fourth-order valence-corrected chi connectivity index (χ4v) is 4.08. The van der Waals surface area contributed by atoms with Crippen LogP contribution in [0.15, 0.2) is 78.9 Å². The summed E-state index contributed by atoms with van der Waals surface area (Å²) in [7, 11) is 0. The van der Waals surface area contributed by atoms with E-state index in [0.717, 1.165) is 5.56 Å². The van der Waals surface area contributed by atoms with Crippen molar-refractivity contribution in [2.75, 3.05) is 18.4 Å². The molecule has 0 aliphatic carbocycles. The molecule has 0 saturated carbocycles. The van der Waals surface area contributed by atoms with E-state index in [-0.39, 0.29) is 23.6 Å². The number of rotatable bonds is 6. The number of amides is 3. The Labute approximate surface area is 239 Å². The van der Waals surface area contributed by atoms with E-state index in [1.807, 2.05) is 30.3 Å². The Balaban J connectivity index is 0.000000587. The minimum absolute atomic E-state index is 0.0386. The Morgan fingerprint density at radius 2 is 1.39 bits per heavy atom. The van der Waals surface area contributed by atoms with Gasteiger partial charge in [-0.2, -0.15) is 13.2 Å². The highest BCUT2D eigenvalue weighted by molar-refractivity contribution is 6.30. The molecule has 4 rings (SSSR count). The van der Waals surface area contributed by atoms with E-state index in [1.165, 1.54) is 0 Å². The maximum atomic E-state index is 12.9. The number of benzene rings is 3.